The minimum absolute atomic E-state index is 0. The van der Waals surface area contributed by atoms with E-state index in [-0.39, 0.29) is 24.0 Å². The molecule has 1 aliphatic heterocycles. The second-order valence-electron chi connectivity index (χ2n) is 7.16. The maximum Gasteiger partial charge on any atom is 0.191 e. The van der Waals surface area contributed by atoms with Crippen molar-refractivity contribution >= 4 is 29.9 Å². The molecule has 0 aromatic carbocycles. The zero-order valence-electron chi connectivity index (χ0n) is 17.1. The number of nitrogens with zero attached hydrogens (tertiary/aromatic N) is 3. The fraction of sp³-hybridized carbons (Fsp3) is 0.944. The fourth-order valence-electron chi connectivity index (χ4n) is 2.79. The lowest BCUT2D eigenvalue weighted by atomic mass is 10.1. The van der Waals surface area contributed by atoms with Gasteiger partial charge in [-0.15, -0.1) is 24.0 Å². The summed E-state index contributed by atoms with van der Waals surface area (Å²) in [5.74, 6) is 0.772. The summed E-state index contributed by atoms with van der Waals surface area (Å²) in [6.07, 6.45) is 2.45. The summed E-state index contributed by atoms with van der Waals surface area (Å²) >= 11 is 0. The van der Waals surface area contributed by atoms with E-state index in [1.807, 2.05) is 6.92 Å². The molecule has 1 fully saturated rings. The molecule has 1 rings (SSSR count). The summed E-state index contributed by atoms with van der Waals surface area (Å²) < 4.78 is 5.36. The highest BCUT2D eigenvalue weighted by Crippen LogP contribution is 2.09. The van der Waals surface area contributed by atoms with Crippen LogP contribution < -0.4 is 10.6 Å². The Morgan fingerprint density at radius 2 is 1.92 bits per heavy atom. The van der Waals surface area contributed by atoms with Crippen molar-refractivity contribution in [3.8, 4) is 0 Å². The van der Waals surface area contributed by atoms with Gasteiger partial charge in [0.25, 0.3) is 0 Å². The Labute approximate surface area is 177 Å². The lowest BCUT2D eigenvalue weighted by Crippen LogP contribution is -2.48. The molecule has 0 aromatic heterocycles. The van der Waals surface area contributed by atoms with Gasteiger partial charge in [0.15, 0.2) is 5.96 Å². The van der Waals surface area contributed by atoms with E-state index in [0.717, 1.165) is 58.4 Å². The molecule has 0 radical (unpaired) electrons. The van der Waals surface area contributed by atoms with Crippen LogP contribution in [0.1, 0.15) is 33.6 Å². The van der Waals surface area contributed by atoms with Crippen molar-refractivity contribution in [2.45, 2.75) is 39.2 Å². The number of aliphatic imine (C=N–C) groups is 1. The first-order valence-electron chi connectivity index (χ1n) is 9.70. The quantitative estimate of drug-likeness (QED) is 0.230. The van der Waals surface area contributed by atoms with Crippen LogP contribution in [0.5, 0.6) is 0 Å². The molecule has 0 saturated carbocycles. The molecule has 26 heavy (non-hydrogen) atoms. The smallest absolute Gasteiger partial charge is 0.191 e. The summed E-state index contributed by atoms with van der Waals surface area (Å²) in [6, 6.07) is 0. The predicted octanol–water partition coefficient (Wildman–Crippen LogP) is 0.975. The molecular weight excluding hydrogens is 445 g/mol. The van der Waals surface area contributed by atoms with E-state index in [4.69, 9.17) is 4.74 Å². The number of rotatable bonds is 11. The number of halogens is 1. The maximum absolute atomic E-state index is 10.6. The van der Waals surface area contributed by atoms with E-state index in [1.54, 1.807) is 0 Å². The van der Waals surface area contributed by atoms with E-state index in [1.165, 1.54) is 12.8 Å². The maximum atomic E-state index is 10.6. The molecule has 1 heterocycles. The summed E-state index contributed by atoms with van der Waals surface area (Å²) in [4.78, 5) is 9.14. The lowest BCUT2D eigenvalue weighted by molar-refractivity contribution is -0.0179. The van der Waals surface area contributed by atoms with Gasteiger partial charge in [0.2, 0.25) is 0 Å². The minimum Gasteiger partial charge on any atom is -0.387 e. The average Bonchev–Trinajstić information content (AvgIpc) is 2.58. The van der Waals surface area contributed by atoms with Crippen LogP contribution in [0.4, 0.5) is 0 Å². The Kier molecular flexibility index (Phi) is 14.8. The second-order valence-corrected chi connectivity index (χ2v) is 7.16. The molecule has 0 aromatic rings. The molecule has 156 valence electrons. The molecule has 0 spiro atoms. The number of ether oxygens (including phenoxy) is 1. The molecule has 0 amide bonds. The fourth-order valence-corrected chi connectivity index (χ4v) is 2.79. The van der Waals surface area contributed by atoms with Crippen molar-refractivity contribution in [1.29, 1.82) is 0 Å². The van der Waals surface area contributed by atoms with Crippen LogP contribution in [0.25, 0.3) is 0 Å². The molecule has 0 aliphatic carbocycles. The third-order valence-electron chi connectivity index (χ3n) is 4.27. The van der Waals surface area contributed by atoms with E-state index >= 15 is 0 Å². The molecule has 0 bridgehead atoms. The Morgan fingerprint density at radius 1 is 1.23 bits per heavy atom. The number of likely N-dealkylation sites (N-methyl/N-ethyl adjacent to an activating group) is 1. The molecule has 1 unspecified atom stereocenters. The topological polar surface area (TPSA) is 72.4 Å². The first kappa shape index (κ1) is 25.8. The Bertz CT molecular complexity index is 377. The number of guanidine groups is 1. The highest BCUT2D eigenvalue weighted by Gasteiger charge is 2.25. The van der Waals surface area contributed by atoms with E-state index < -0.39 is 5.60 Å². The summed E-state index contributed by atoms with van der Waals surface area (Å²) in [5.41, 5.74) is -0.836. The van der Waals surface area contributed by atoms with E-state index in [2.05, 4.69) is 46.3 Å². The van der Waals surface area contributed by atoms with Crippen LogP contribution in [-0.2, 0) is 4.74 Å². The number of β-amino-alcohol motifs (C(OH)–C–C–N with tert-alkyl or cyclic N) is 1. The minimum atomic E-state index is -0.836. The van der Waals surface area contributed by atoms with Gasteiger partial charge in [0.1, 0.15) is 0 Å². The van der Waals surface area contributed by atoms with Crippen molar-refractivity contribution in [2.75, 3.05) is 72.6 Å². The number of hydrogen-bond donors (Lipinski definition) is 3. The van der Waals surface area contributed by atoms with Crippen LogP contribution in [0, 0.1) is 0 Å². The van der Waals surface area contributed by atoms with E-state index in [0.29, 0.717) is 13.1 Å². The average molecular weight is 485 g/mol. The monoisotopic (exact) mass is 485 g/mol. The molecule has 1 atom stereocenters. The third kappa shape index (κ3) is 12.3. The van der Waals surface area contributed by atoms with Gasteiger partial charge >= 0.3 is 0 Å². The van der Waals surface area contributed by atoms with Gasteiger partial charge in [-0.2, -0.15) is 0 Å². The number of unbranched alkanes of at least 4 members (excludes halogenated alkanes) is 1. The van der Waals surface area contributed by atoms with Gasteiger partial charge < -0.3 is 25.4 Å². The number of nitrogens with one attached hydrogen (secondary N) is 2. The number of hydrogen-bond acceptors (Lipinski definition) is 5. The lowest BCUT2D eigenvalue weighted by Gasteiger charge is -2.33. The molecule has 8 heteroatoms. The second kappa shape index (κ2) is 14.8. The van der Waals surface area contributed by atoms with Crippen molar-refractivity contribution in [2.24, 2.45) is 4.99 Å². The van der Waals surface area contributed by atoms with Gasteiger partial charge in [0.05, 0.1) is 25.4 Å². The molecule has 1 aliphatic rings. The van der Waals surface area contributed by atoms with E-state index in [9.17, 15) is 5.11 Å². The third-order valence-corrected chi connectivity index (χ3v) is 4.27. The first-order chi connectivity index (χ1) is 12.0. The van der Waals surface area contributed by atoms with Crippen molar-refractivity contribution in [3.63, 3.8) is 0 Å². The summed E-state index contributed by atoms with van der Waals surface area (Å²) in [6.45, 7) is 14.1. The zero-order valence-corrected chi connectivity index (χ0v) is 19.4. The van der Waals surface area contributed by atoms with Crippen molar-refractivity contribution in [3.05, 3.63) is 0 Å². The summed E-state index contributed by atoms with van der Waals surface area (Å²) in [5, 5.41) is 17.2. The van der Waals surface area contributed by atoms with Gasteiger partial charge in [-0.05, 0) is 33.9 Å². The molecular formula is C18H40IN5O2. The Balaban J connectivity index is 0.00000625. The molecule has 3 N–H and O–H groups in total. The van der Waals surface area contributed by atoms with Gasteiger partial charge in [0, 0.05) is 39.3 Å². The largest absolute Gasteiger partial charge is 0.387 e. The van der Waals surface area contributed by atoms with Crippen molar-refractivity contribution in [1.82, 2.24) is 20.4 Å². The van der Waals surface area contributed by atoms with Crippen LogP contribution in [-0.4, -0.2) is 99.1 Å². The Hall–Kier alpha value is -0.160. The number of aliphatic hydroxyl groups is 1. The number of morpholine rings is 1. The highest BCUT2D eigenvalue weighted by atomic mass is 127. The normalized spacial score (nSPS) is 18.3. The van der Waals surface area contributed by atoms with Crippen LogP contribution in [0.15, 0.2) is 4.99 Å². The van der Waals surface area contributed by atoms with Gasteiger partial charge in [-0.3, -0.25) is 9.89 Å². The van der Waals surface area contributed by atoms with Crippen LogP contribution >= 0.6 is 24.0 Å². The highest BCUT2D eigenvalue weighted by molar-refractivity contribution is 14.0. The van der Waals surface area contributed by atoms with Crippen LogP contribution in [0.3, 0.4) is 0 Å². The standard InChI is InChI=1S/C18H39N5O2.HI/c1-5-7-9-22(4)10-8-20-17(19-6-2)21-15-18(3,24)16-23-11-13-25-14-12-23;/h24H,5-16H2,1-4H3,(H2,19,20,21);1H. The SMILES string of the molecule is CCCCN(C)CCNC(=NCC(C)(O)CN1CCOCC1)NCC.I. The van der Waals surface area contributed by atoms with Crippen molar-refractivity contribution < 1.29 is 9.84 Å². The Morgan fingerprint density at radius 3 is 2.54 bits per heavy atom. The summed E-state index contributed by atoms with van der Waals surface area (Å²) in [7, 11) is 2.15. The first-order valence-corrected chi connectivity index (χ1v) is 9.70. The van der Waals surface area contributed by atoms with Crippen LogP contribution in [0.2, 0.25) is 0 Å². The zero-order chi connectivity index (χ0) is 18.5. The van der Waals surface area contributed by atoms with Gasteiger partial charge in [-0.1, -0.05) is 13.3 Å². The molecule has 1 saturated heterocycles. The van der Waals surface area contributed by atoms with Gasteiger partial charge in [-0.25, -0.2) is 0 Å². The predicted molar refractivity (Wildman–Crippen MR) is 120 cm³/mol. The molecule has 7 nitrogen and oxygen atoms in total.